The first kappa shape index (κ1) is 12.2. The number of hydrogen-bond acceptors (Lipinski definition) is 2. The van der Waals surface area contributed by atoms with Crippen molar-refractivity contribution in [2.24, 2.45) is 0 Å². The molecule has 0 spiro atoms. The highest BCUT2D eigenvalue weighted by atomic mass is 127. The highest BCUT2D eigenvalue weighted by Crippen LogP contribution is 2.32. The monoisotopic (exact) mass is 332 g/mol. The Morgan fingerprint density at radius 2 is 2.06 bits per heavy atom. The molecule has 0 aromatic heterocycles. The summed E-state index contributed by atoms with van der Waals surface area (Å²) in [5.74, 6) is 0.907. The lowest BCUT2D eigenvalue weighted by atomic mass is 9.99. The number of benzene rings is 1. The van der Waals surface area contributed by atoms with Crippen LogP contribution in [-0.2, 0) is 4.74 Å². The Morgan fingerprint density at radius 3 is 2.69 bits per heavy atom. The van der Waals surface area contributed by atoms with Crippen LogP contribution in [0.3, 0.4) is 0 Å². The average molecular weight is 332 g/mol. The Balaban J connectivity index is 2.05. The van der Waals surface area contributed by atoms with Gasteiger partial charge in [-0.3, -0.25) is 0 Å². The van der Waals surface area contributed by atoms with E-state index in [0.29, 0.717) is 6.10 Å². The number of halogens is 1. The molecule has 1 aliphatic rings. The molecule has 1 saturated heterocycles. The van der Waals surface area contributed by atoms with Gasteiger partial charge in [0.2, 0.25) is 0 Å². The highest BCUT2D eigenvalue weighted by Gasteiger charge is 2.22. The van der Waals surface area contributed by atoms with Crippen LogP contribution in [0.4, 0.5) is 0 Å². The lowest BCUT2D eigenvalue weighted by Crippen LogP contribution is -2.23. The van der Waals surface area contributed by atoms with E-state index in [4.69, 9.17) is 9.47 Å². The zero-order chi connectivity index (χ0) is 11.4. The van der Waals surface area contributed by atoms with E-state index in [-0.39, 0.29) is 6.10 Å². The van der Waals surface area contributed by atoms with E-state index in [2.05, 4.69) is 34.7 Å². The summed E-state index contributed by atoms with van der Waals surface area (Å²) in [5.41, 5.74) is 1.27. The van der Waals surface area contributed by atoms with Gasteiger partial charge < -0.3 is 9.47 Å². The molecule has 0 bridgehead atoms. The zero-order valence-electron chi connectivity index (χ0n) is 9.49. The van der Waals surface area contributed by atoms with Gasteiger partial charge in [-0.05, 0) is 37.0 Å². The third kappa shape index (κ3) is 2.88. The molecule has 16 heavy (non-hydrogen) atoms. The van der Waals surface area contributed by atoms with Crippen LogP contribution in [-0.4, -0.2) is 17.6 Å². The van der Waals surface area contributed by atoms with Crippen molar-refractivity contribution in [1.82, 2.24) is 0 Å². The summed E-state index contributed by atoms with van der Waals surface area (Å²) in [4.78, 5) is 0. The summed E-state index contributed by atoms with van der Waals surface area (Å²) < 4.78 is 12.3. The van der Waals surface area contributed by atoms with Gasteiger partial charge in [0.25, 0.3) is 0 Å². The molecule has 2 rings (SSSR count). The second-order valence-electron chi connectivity index (χ2n) is 4.11. The summed E-state index contributed by atoms with van der Waals surface area (Å²) in [6.45, 7) is 0. The van der Waals surface area contributed by atoms with Crippen molar-refractivity contribution in [3.05, 3.63) is 29.8 Å². The van der Waals surface area contributed by atoms with Gasteiger partial charge in [0.15, 0.2) is 0 Å². The molecule has 2 atom stereocenters. The lowest BCUT2D eigenvalue weighted by molar-refractivity contribution is -0.0375. The van der Waals surface area contributed by atoms with Crippen LogP contribution >= 0.6 is 22.6 Å². The van der Waals surface area contributed by atoms with Gasteiger partial charge in [-0.25, -0.2) is 0 Å². The third-order valence-electron chi connectivity index (χ3n) is 3.01. The Hall–Kier alpha value is -0.290. The molecule has 0 saturated carbocycles. The Labute approximate surface area is 110 Å². The number of rotatable bonds is 3. The largest absolute Gasteiger partial charge is 0.497 e. The Kier molecular flexibility index (Phi) is 4.46. The summed E-state index contributed by atoms with van der Waals surface area (Å²) in [6, 6.07) is 8.23. The second-order valence-corrected chi connectivity index (χ2v) is 4.99. The molecule has 1 aromatic carbocycles. The summed E-state index contributed by atoms with van der Waals surface area (Å²) in [6.07, 6.45) is 4.32. The van der Waals surface area contributed by atoms with Crippen LogP contribution in [0.15, 0.2) is 24.3 Å². The smallest absolute Gasteiger partial charge is 0.118 e. The molecule has 0 aliphatic carbocycles. The standard InChI is InChI=1S/C13H17IO2/c1-15-11-7-5-10(6-8-11)13-4-2-3-12(9-14)16-13/h5-8,12-13H,2-4,9H2,1H3/t12-,13+/m0/s1. The van der Waals surface area contributed by atoms with Crippen molar-refractivity contribution in [2.45, 2.75) is 31.5 Å². The molecular formula is C13H17IO2. The SMILES string of the molecule is COc1ccc([C@H]2CCC[C@@H](CI)O2)cc1. The second kappa shape index (κ2) is 5.87. The van der Waals surface area contributed by atoms with E-state index in [9.17, 15) is 0 Å². The quantitative estimate of drug-likeness (QED) is 0.620. The molecule has 0 amide bonds. The van der Waals surface area contributed by atoms with Gasteiger partial charge in [-0.1, -0.05) is 34.7 Å². The molecule has 1 aliphatic heterocycles. The fraction of sp³-hybridized carbons (Fsp3) is 0.538. The number of methoxy groups -OCH3 is 1. The molecule has 0 radical (unpaired) electrons. The van der Waals surface area contributed by atoms with Crippen molar-refractivity contribution in [3.8, 4) is 5.75 Å². The number of ether oxygens (including phenoxy) is 2. The van der Waals surface area contributed by atoms with E-state index >= 15 is 0 Å². The molecule has 3 heteroatoms. The van der Waals surface area contributed by atoms with E-state index < -0.39 is 0 Å². The molecule has 0 unspecified atom stereocenters. The average Bonchev–Trinajstić information content (AvgIpc) is 2.39. The maximum Gasteiger partial charge on any atom is 0.118 e. The first-order valence-electron chi connectivity index (χ1n) is 5.69. The molecule has 0 N–H and O–H groups in total. The molecule has 2 nitrogen and oxygen atoms in total. The van der Waals surface area contributed by atoms with E-state index in [1.165, 1.54) is 18.4 Å². The topological polar surface area (TPSA) is 18.5 Å². The van der Waals surface area contributed by atoms with Crippen molar-refractivity contribution in [1.29, 1.82) is 0 Å². The van der Waals surface area contributed by atoms with Crippen molar-refractivity contribution in [3.63, 3.8) is 0 Å². The summed E-state index contributed by atoms with van der Waals surface area (Å²) >= 11 is 2.40. The van der Waals surface area contributed by atoms with Gasteiger partial charge in [0, 0.05) is 4.43 Å². The molecular weight excluding hydrogens is 315 g/mol. The molecule has 1 heterocycles. The van der Waals surface area contributed by atoms with Crippen LogP contribution in [0.1, 0.15) is 30.9 Å². The van der Waals surface area contributed by atoms with E-state index in [1.807, 2.05) is 12.1 Å². The van der Waals surface area contributed by atoms with Gasteiger partial charge in [0.05, 0.1) is 19.3 Å². The summed E-state index contributed by atoms with van der Waals surface area (Å²) in [5, 5.41) is 0. The maximum absolute atomic E-state index is 6.05. The number of hydrogen-bond donors (Lipinski definition) is 0. The minimum Gasteiger partial charge on any atom is -0.497 e. The molecule has 1 aromatic rings. The normalized spacial score (nSPS) is 25.4. The first-order chi connectivity index (χ1) is 7.83. The summed E-state index contributed by atoms with van der Waals surface area (Å²) in [7, 11) is 1.69. The zero-order valence-corrected chi connectivity index (χ0v) is 11.6. The van der Waals surface area contributed by atoms with Crippen molar-refractivity contribution < 1.29 is 9.47 Å². The molecule has 1 fully saturated rings. The Morgan fingerprint density at radius 1 is 1.31 bits per heavy atom. The van der Waals surface area contributed by atoms with Gasteiger partial charge in [-0.2, -0.15) is 0 Å². The highest BCUT2D eigenvalue weighted by molar-refractivity contribution is 14.1. The van der Waals surface area contributed by atoms with Crippen LogP contribution in [0.5, 0.6) is 5.75 Å². The van der Waals surface area contributed by atoms with E-state index in [0.717, 1.165) is 16.6 Å². The van der Waals surface area contributed by atoms with Crippen LogP contribution in [0.25, 0.3) is 0 Å². The first-order valence-corrected chi connectivity index (χ1v) is 7.21. The fourth-order valence-corrected chi connectivity index (χ4v) is 2.72. The van der Waals surface area contributed by atoms with Gasteiger partial charge in [0.1, 0.15) is 5.75 Å². The molecule has 88 valence electrons. The number of alkyl halides is 1. The Bertz CT molecular complexity index is 323. The van der Waals surface area contributed by atoms with Crippen molar-refractivity contribution >= 4 is 22.6 Å². The lowest BCUT2D eigenvalue weighted by Gasteiger charge is -2.29. The minimum absolute atomic E-state index is 0.277. The minimum atomic E-state index is 0.277. The predicted octanol–water partition coefficient (Wildman–Crippen LogP) is 3.74. The van der Waals surface area contributed by atoms with Crippen LogP contribution in [0, 0.1) is 0 Å². The van der Waals surface area contributed by atoms with Crippen LogP contribution < -0.4 is 4.74 Å². The van der Waals surface area contributed by atoms with Gasteiger partial charge in [-0.15, -0.1) is 0 Å². The van der Waals surface area contributed by atoms with E-state index in [1.54, 1.807) is 7.11 Å². The fourth-order valence-electron chi connectivity index (χ4n) is 2.08. The van der Waals surface area contributed by atoms with Crippen LogP contribution in [0.2, 0.25) is 0 Å². The van der Waals surface area contributed by atoms with Gasteiger partial charge >= 0.3 is 0 Å². The van der Waals surface area contributed by atoms with Crippen molar-refractivity contribution in [2.75, 3.05) is 11.5 Å². The predicted molar refractivity (Wildman–Crippen MR) is 73.3 cm³/mol. The third-order valence-corrected chi connectivity index (χ3v) is 3.99. The maximum atomic E-state index is 6.05.